The van der Waals surface area contributed by atoms with E-state index in [-0.39, 0.29) is 10.4 Å². The summed E-state index contributed by atoms with van der Waals surface area (Å²) in [5, 5.41) is 14.5. The summed E-state index contributed by atoms with van der Waals surface area (Å²) in [5.41, 5.74) is 3.29. The van der Waals surface area contributed by atoms with Gasteiger partial charge in [-0.1, -0.05) is 11.6 Å². The lowest BCUT2D eigenvalue weighted by atomic mass is 10.00. The van der Waals surface area contributed by atoms with Crippen LogP contribution < -0.4 is 10.2 Å². The molecule has 3 aromatic heterocycles. The normalized spacial score (nSPS) is 22.5. The number of thiazole rings is 1. The van der Waals surface area contributed by atoms with Crippen molar-refractivity contribution in [1.82, 2.24) is 25.5 Å². The first-order chi connectivity index (χ1) is 18.1. The van der Waals surface area contributed by atoms with Crippen molar-refractivity contribution in [2.75, 3.05) is 24.5 Å². The van der Waals surface area contributed by atoms with Crippen molar-refractivity contribution in [2.24, 2.45) is 11.8 Å². The smallest absolute Gasteiger partial charge is 0.407 e. The maximum Gasteiger partial charge on any atom is 0.407 e. The molecule has 1 aromatic carbocycles. The monoisotopic (exact) mass is 554 g/mol. The highest BCUT2D eigenvalue weighted by Crippen LogP contribution is 2.64. The molecule has 4 heterocycles. The van der Waals surface area contributed by atoms with Gasteiger partial charge in [0.25, 0.3) is 0 Å². The molecule has 0 bridgehead atoms. The number of aromatic nitrogens is 4. The van der Waals surface area contributed by atoms with Gasteiger partial charge in [-0.15, -0.1) is 11.3 Å². The van der Waals surface area contributed by atoms with Gasteiger partial charge in [0.1, 0.15) is 21.3 Å². The Kier molecular flexibility index (Phi) is 5.88. The van der Waals surface area contributed by atoms with Gasteiger partial charge in [0.05, 0.1) is 5.52 Å². The number of H-pyrrole nitrogens is 1. The Morgan fingerprint density at radius 1 is 1.32 bits per heavy atom. The highest BCUT2D eigenvalue weighted by molar-refractivity contribution is 7.09. The van der Waals surface area contributed by atoms with Gasteiger partial charge in [-0.3, -0.25) is 5.10 Å². The Morgan fingerprint density at radius 2 is 2.08 bits per heavy atom. The molecule has 0 radical (unpaired) electrons. The number of carbonyl (C=O) groups is 1. The average Bonchev–Trinajstić information content (AvgIpc) is 3.35. The molecule has 2 fully saturated rings. The molecule has 11 heteroatoms. The summed E-state index contributed by atoms with van der Waals surface area (Å²) in [6.07, 6.45) is 0.983. The summed E-state index contributed by atoms with van der Waals surface area (Å²) < 4.78 is 19.4. The first-order valence-electron chi connectivity index (χ1n) is 12.5. The van der Waals surface area contributed by atoms with Crippen LogP contribution in [0.5, 0.6) is 0 Å². The fraction of sp³-hybridized carbons (Fsp3) is 0.407. The molecule has 1 amide bonds. The van der Waals surface area contributed by atoms with E-state index in [1.54, 1.807) is 17.4 Å². The Morgan fingerprint density at radius 3 is 2.76 bits per heavy atom. The third kappa shape index (κ3) is 4.19. The number of ether oxygens (including phenoxy) is 1. The fourth-order valence-corrected chi connectivity index (χ4v) is 7.04. The molecular weight excluding hydrogens is 527 g/mol. The fourth-order valence-electron chi connectivity index (χ4n) is 5.71. The second-order valence-electron chi connectivity index (χ2n) is 11.1. The maximum absolute atomic E-state index is 13.9. The van der Waals surface area contributed by atoms with Crippen LogP contribution in [0.2, 0.25) is 5.02 Å². The van der Waals surface area contributed by atoms with Gasteiger partial charge in [-0.05, 0) is 63.8 Å². The van der Waals surface area contributed by atoms with Gasteiger partial charge in [0.15, 0.2) is 0 Å². The lowest BCUT2D eigenvalue weighted by Gasteiger charge is -2.28. The van der Waals surface area contributed by atoms with E-state index in [2.05, 4.69) is 42.9 Å². The standard InChI is InChI=1S/C27H28ClFN6O2S/c1-14-12-38-24(32-14)27(13-31-25(36)37-26(2,3)4)18-10-35(11-19(18)27)15-5-6-16-20(9-15)33-34-22(16)17-7-8-30-23(29)21(17)28/h5-9,12,18-19H,10-11,13H2,1-4H3,(H,31,36)(H,33,34)/t18-,19+,27?. The first-order valence-corrected chi connectivity index (χ1v) is 13.8. The number of halogens is 2. The van der Waals surface area contributed by atoms with Crippen molar-refractivity contribution in [3.63, 3.8) is 0 Å². The van der Waals surface area contributed by atoms with Crippen LogP contribution in [0.3, 0.4) is 0 Å². The summed E-state index contributed by atoms with van der Waals surface area (Å²) in [6, 6.07) is 7.78. The SMILES string of the molecule is Cc1csc(C2(CNC(=O)OC(C)(C)C)[C@@H]3CN(c4ccc5c(-c6ccnc(F)c6Cl)n[nH]c5c4)C[C@@H]32)n1. The van der Waals surface area contributed by atoms with E-state index in [1.165, 1.54) is 6.20 Å². The number of pyridine rings is 1. The van der Waals surface area contributed by atoms with E-state index in [1.807, 2.05) is 33.8 Å². The van der Waals surface area contributed by atoms with E-state index in [0.29, 0.717) is 29.6 Å². The molecule has 1 saturated heterocycles. The van der Waals surface area contributed by atoms with Gasteiger partial charge < -0.3 is 15.0 Å². The van der Waals surface area contributed by atoms with E-state index in [0.717, 1.165) is 40.4 Å². The molecular formula is C27H28ClFN6O2S. The molecule has 6 rings (SSSR count). The Bertz CT molecular complexity index is 1530. The molecule has 2 N–H and O–H groups in total. The highest BCUT2D eigenvalue weighted by Gasteiger charge is 2.70. The topological polar surface area (TPSA) is 96.0 Å². The van der Waals surface area contributed by atoms with Crippen molar-refractivity contribution in [3.8, 4) is 11.3 Å². The number of alkyl carbamates (subject to hydrolysis) is 1. The first kappa shape index (κ1) is 25.1. The number of nitrogens with one attached hydrogen (secondary N) is 2. The Labute approximate surface area is 228 Å². The minimum absolute atomic E-state index is 0.0432. The van der Waals surface area contributed by atoms with Crippen molar-refractivity contribution in [2.45, 2.75) is 38.7 Å². The largest absolute Gasteiger partial charge is 0.444 e. The van der Waals surface area contributed by atoms with Gasteiger partial charge in [0.2, 0.25) is 5.95 Å². The molecule has 1 unspecified atom stereocenters. The van der Waals surface area contributed by atoms with E-state index < -0.39 is 17.6 Å². The minimum Gasteiger partial charge on any atom is -0.444 e. The number of amides is 1. The quantitative estimate of drug-likeness (QED) is 0.307. The van der Waals surface area contributed by atoms with Crippen LogP contribution >= 0.6 is 22.9 Å². The molecule has 1 aliphatic carbocycles. The molecule has 0 spiro atoms. The highest BCUT2D eigenvalue weighted by atomic mass is 35.5. The van der Waals surface area contributed by atoms with Crippen LogP contribution in [-0.2, 0) is 10.2 Å². The van der Waals surface area contributed by atoms with Crippen LogP contribution in [0.25, 0.3) is 22.2 Å². The predicted molar refractivity (Wildman–Crippen MR) is 146 cm³/mol. The van der Waals surface area contributed by atoms with Crippen LogP contribution in [-0.4, -0.2) is 51.5 Å². The average molecular weight is 555 g/mol. The number of aromatic amines is 1. The Hall–Kier alpha value is -3.24. The summed E-state index contributed by atoms with van der Waals surface area (Å²) >= 11 is 7.82. The Balaban J connectivity index is 1.22. The second-order valence-corrected chi connectivity index (χ2v) is 12.3. The molecule has 1 aliphatic heterocycles. The lowest BCUT2D eigenvalue weighted by Crippen LogP contribution is -2.41. The zero-order valence-corrected chi connectivity index (χ0v) is 23.1. The summed E-state index contributed by atoms with van der Waals surface area (Å²) in [6.45, 7) is 9.80. The molecule has 38 heavy (non-hydrogen) atoms. The van der Waals surface area contributed by atoms with Gasteiger partial charge in [0, 0.05) is 59.0 Å². The van der Waals surface area contributed by atoms with Crippen LogP contribution in [0.4, 0.5) is 14.9 Å². The number of fused-ring (bicyclic) bond motifs is 2. The molecule has 4 aromatic rings. The maximum atomic E-state index is 13.9. The van der Waals surface area contributed by atoms with Crippen molar-refractivity contribution in [1.29, 1.82) is 0 Å². The lowest BCUT2D eigenvalue weighted by molar-refractivity contribution is 0.0520. The van der Waals surface area contributed by atoms with Crippen LogP contribution in [0.1, 0.15) is 31.5 Å². The van der Waals surface area contributed by atoms with Crippen LogP contribution in [0, 0.1) is 24.7 Å². The number of hydrogen-bond acceptors (Lipinski definition) is 7. The molecule has 3 atom stereocenters. The number of hydrogen-bond donors (Lipinski definition) is 2. The molecule has 8 nitrogen and oxygen atoms in total. The van der Waals surface area contributed by atoms with Crippen molar-refractivity contribution in [3.05, 3.63) is 57.5 Å². The minimum atomic E-state index is -0.715. The third-order valence-electron chi connectivity index (χ3n) is 7.49. The number of carbonyl (C=O) groups excluding carboxylic acids is 1. The van der Waals surface area contributed by atoms with Crippen molar-refractivity contribution < 1.29 is 13.9 Å². The number of piperidine rings is 1. The predicted octanol–water partition coefficient (Wildman–Crippen LogP) is 5.71. The molecule has 198 valence electrons. The van der Waals surface area contributed by atoms with E-state index in [9.17, 15) is 9.18 Å². The van der Waals surface area contributed by atoms with Gasteiger partial charge in [-0.25, -0.2) is 14.8 Å². The second kappa shape index (κ2) is 8.91. The molecule has 1 saturated carbocycles. The van der Waals surface area contributed by atoms with Crippen molar-refractivity contribution >= 4 is 45.6 Å². The summed E-state index contributed by atoms with van der Waals surface area (Å²) in [4.78, 5) is 23.2. The van der Waals surface area contributed by atoms with Gasteiger partial charge in [-0.2, -0.15) is 9.49 Å². The van der Waals surface area contributed by atoms with Gasteiger partial charge >= 0.3 is 6.09 Å². The number of nitrogens with zero attached hydrogens (tertiary/aromatic N) is 4. The number of benzene rings is 1. The zero-order valence-electron chi connectivity index (χ0n) is 21.5. The van der Waals surface area contributed by atoms with Crippen LogP contribution in [0.15, 0.2) is 35.8 Å². The van der Waals surface area contributed by atoms with E-state index >= 15 is 0 Å². The number of anilines is 1. The summed E-state index contributed by atoms with van der Waals surface area (Å²) in [5.74, 6) is 0.0255. The van der Waals surface area contributed by atoms with E-state index in [4.69, 9.17) is 21.3 Å². The molecule has 2 aliphatic rings. The number of rotatable bonds is 5. The third-order valence-corrected chi connectivity index (χ3v) is 9.00. The summed E-state index contributed by atoms with van der Waals surface area (Å²) in [7, 11) is 0. The zero-order chi connectivity index (χ0) is 26.8. The number of aryl methyl sites for hydroxylation is 1.